The van der Waals surface area contributed by atoms with Gasteiger partial charge in [0.25, 0.3) is 0 Å². The predicted molar refractivity (Wildman–Crippen MR) is 381 cm³/mol. The molecule has 558 valence electrons. The highest BCUT2D eigenvalue weighted by atomic mass is 31.2. The number of aliphatic hydroxyl groups excluding tert-OH is 1. The SMILES string of the molecule is CCC(C)CCCCCCCCCCC(=O)O[C@H](COC(=O)CCCCCCCCC(C)CC)COP(=O)(O)OC[C@H](O)COP(=O)(O)OC[C@@H](COC(=O)CCCCCCCCCCC(C)C)OC(=O)CCCCCCCCCCCCCCCCCCCCC(C)C. The molecule has 17 nitrogen and oxygen atoms in total. The minimum atomic E-state index is -4.96. The Bertz CT molecular complexity index is 1850. The Kier molecular flexibility index (Phi) is 63.1. The summed E-state index contributed by atoms with van der Waals surface area (Å²) in [5.74, 6) is 0.921. The van der Waals surface area contributed by atoms with Gasteiger partial charge in [-0.25, -0.2) is 9.13 Å². The summed E-state index contributed by atoms with van der Waals surface area (Å²) in [5, 5.41) is 10.6. The van der Waals surface area contributed by atoms with Crippen LogP contribution in [-0.2, 0) is 65.4 Å². The maximum atomic E-state index is 13.1. The number of ether oxygens (including phenoxy) is 4. The van der Waals surface area contributed by atoms with Crippen LogP contribution >= 0.6 is 15.6 Å². The zero-order chi connectivity index (χ0) is 69.6. The first-order valence-corrected chi connectivity index (χ1v) is 41.8. The molecule has 0 heterocycles. The van der Waals surface area contributed by atoms with Crippen LogP contribution < -0.4 is 0 Å². The number of aliphatic hydroxyl groups is 1. The van der Waals surface area contributed by atoms with Crippen LogP contribution in [-0.4, -0.2) is 96.7 Å². The van der Waals surface area contributed by atoms with Crippen LogP contribution in [0, 0.1) is 23.7 Å². The highest BCUT2D eigenvalue weighted by Gasteiger charge is 2.30. The van der Waals surface area contributed by atoms with Crippen molar-refractivity contribution in [3.8, 4) is 0 Å². The fourth-order valence-electron chi connectivity index (χ4n) is 11.3. The van der Waals surface area contributed by atoms with Crippen molar-refractivity contribution in [2.75, 3.05) is 39.6 Å². The van der Waals surface area contributed by atoms with E-state index in [-0.39, 0.29) is 25.7 Å². The fourth-order valence-corrected chi connectivity index (χ4v) is 12.9. The smallest absolute Gasteiger partial charge is 0.462 e. The van der Waals surface area contributed by atoms with Gasteiger partial charge in [-0.05, 0) is 49.4 Å². The van der Waals surface area contributed by atoms with Gasteiger partial charge in [0, 0.05) is 25.7 Å². The molecule has 0 bridgehead atoms. The van der Waals surface area contributed by atoms with Crippen molar-refractivity contribution in [2.45, 2.75) is 395 Å². The van der Waals surface area contributed by atoms with Crippen molar-refractivity contribution in [1.82, 2.24) is 0 Å². The van der Waals surface area contributed by atoms with E-state index in [0.717, 1.165) is 120 Å². The van der Waals surface area contributed by atoms with Gasteiger partial charge in [0.2, 0.25) is 0 Å². The number of unbranched alkanes of at least 4 members (excludes halogenated alkanes) is 36. The Morgan fingerprint density at radius 3 is 0.755 bits per heavy atom. The summed E-state index contributed by atoms with van der Waals surface area (Å²) in [6, 6.07) is 0. The monoisotopic (exact) mass is 1380 g/mol. The Morgan fingerprint density at radius 2 is 0.511 bits per heavy atom. The Balaban J connectivity index is 5.20. The number of rotatable bonds is 72. The Hall–Kier alpha value is -1.94. The number of hydrogen-bond acceptors (Lipinski definition) is 15. The maximum Gasteiger partial charge on any atom is 0.472 e. The third kappa shape index (κ3) is 66.0. The maximum absolute atomic E-state index is 13.1. The molecule has 0 rings (SSSR count). The van der Waals surface area contributed by atoms with Gasteiger partial charge in [0.15, 0.2) is 12.2 Å². The quantitative estimate of drug-likeness (QED) is 0.0222. The van der Waals surface area contributed by atoms with Gasteiger partial charge in [0.05, 0.1) is 26.4 Å². The Morgan fingerprint density at radius 1 is 0.298 bits per heavy atom. The first-order valence-electron chi connectivity index (χ1n) is 38.8. The van der Waals surface area contributed by atoms with Gasteiger partial charge in [-0.2, -0.15) is 0 Å². The molecule has 0 aliphatic carbocycles. The molecule has 0 saturated heterocycles. The molecular formula is C75H146O17P2. The lowest BCUT2D eigenvalue weighted by atomic mass is 9.99. The second-order valence-corrected chi connectivity index (χ2v) is 31.4. The van der Waals surface area contributed by atoms with Crippen molar-refractivity contribution in [2.24, 2.45) is 23.7 Å². The summed E-state index contributed by atoms with van der Waals surface area (Å²) < 4.78 is 68.4. The summed E-state index contributed by atoms with van der Waals surface area (Å²) in [4.78, 5) is 72.7. The Labute approximate surface area is 575 Å². The molecular weight excluding hydrogens is 1230 g/mol. The topological polar surface area (TPSA) is 237 Å². The summed E-state index contributed by atoms with van der Waals surface area (Å²) >= 11 is 0. The third-order valence-electron chi connectivity index (χ3n) is 18.0. The van der Waals surface area contributed by atoms with E-state index in [1.807, 2.05) is 0 Å². The van der Waals surface area contributed by atoms with Crippen molar-refractivity contribution in [3.63, 3.8) is 0 Å². The van der Waals surface area contributed by atoms with Crippen LogP contribution in [0.3, 0.4) is 0 Å². The molecule has 0 amide bonds. The molecule has 0 aromatic rings. The van der Waals surface area contributed by atoms with E-state index < -0.39 is 97.5 Å². The van der Waals surface area contributed by atoms with E-state index in [9.17, 15) is 43.2 Å². The standard InChI is InChI=1S/C75H146O17P2/c1-9-67(7)53-45-37-29-24-26-32-42-50-58-75(80)92-71(62-86-73(78)56-48-40-34-33-38-46-54-68(8)10-2)64-90-94(83,84)88-60-69(76)59-87-93(81,82)89-63-70(61-85-72(77)55-47-39-30-25-23-28-36-44-52-66(5)6)91-74(79)57-49-41-31-22-20-18-16-14-12-11-13-15-17-19-21-27-35-43-51-65(3)4/h65-71,76H,9-64H2,1-8H3,(H,81,82)(H,83,84)/t67?,68?,69-,70-,71-/m1/s1. The minimum Gasteiger partial charge on any atom is -0.462 e. The first-order chi connectivity index (χ1) is 45.2. The molecule has 0 radical (unpaired) electrons. The van der Waals surface area contributed by atoms with Gasteiger partial charge < -0.3 is 33.8 Å². The van der Waals surface area contributed by atoms with Crippen molar-refractivity contribution >= 4 is 39.5 Å². The zero-order valence-corrected chi connectivity index (χ0v) is 63.4. The summed E-state index contributed by atoms with van der Waals surface area (Å²) in [5.41, 5.74) is 0. The van der Waals surface area contributed by atoms with E-state index in [2.05, 4.69) is 55.4 Å². The lowest BCUT2D eigenvalue weighted by Crippen LogP contribution is -2.30. The molecule has 0 aliphatic heterocycles. The average molecular weight is 1380 g/mol. The van der Waals surface area contributed by atoms with Crippen LogP contribution in [0.2, 0.25) is 0 Å². The van der Waals surface area contributed by atoms with Gasteiger partial charge in [-0.15, -0.1) is 0 Å². The number of esters is 4. The van der Waals surface area contributed by atoms with Crippen LogP contribution in [0.15, 0.2) is 0 Å². The molecule has 0 aromatic heterocycles. The lowest BCUT2D eigenvalue weighted by molar-refractivity contribution is -0.161. The third-order valence-corrected chi connectivity index (χ3v) is 19.9. The largest absolute Gasteiger partial charge is 0.472 e. The molecule has 0 aromatic carbocycles. The second-order valence-electron chi connectivity index (χ2n) is 28.5. The summed E-state index contributed by atoms with van der Waals surface area (Å²) in [6.45, 7) is 14.1. The van der Waals surface area contributed by atoms with E-state index in [1.165, 1.54) is 173 Å². The van der Waals surface area contributed by atoms with Crippen LogP contribution in [0.4, 0.5) is 0 Å². The summed E-state index contributed by atoms with van der Waals surface area (Å²) in [7, 11) is -9.91. The number of carbonyl (C=O) groups excluding carboxylic acids is 4. The average Bonchev–Trinajstić information content (AvgIpc) is 1.51. The van der Waals surface area contributed by atoms with E-state index in [1.54, 1.807) is 0 Å². The molecule has 4 unspecified atom stereocenters. The molecule has 0 spiro atoms. The molecule has 3 N–H and O–H groups in total. The number of carbonyl (C=O) groups is 4. The van der Waals surface area contributed by atoms with Gasteiger partial charge >= 0.3 is 39.5 Å². The van der Waals surface area contributed by atoms with Gasteiger partial charge in [-0.1, -0.05) is 325 Å². The molecule has 0 aliphatic rings. The van der Waals surface area contributed by atoms with E-state index >= 15 is 0 Å². The van der Waals surface area contributed by atoms with Crippen LogP contribution in [0.1, 0.15) is 376 Å². The van der Waals surface area contributed by atoms with Crippen LogP contribution in [0.5, 0.6) is 0 Å². The van der Waals surface area contributed by atoms with E-state index in [0.29, 0.717) is 25.7 Å². The highest BCUT2D eigenvalue weighted by Crippen LogP contribution is 2.45. The molecule has 0 saturated carbocycles. The van der Waals surface area contributed by atoms with Crippen molar-refractivity contribution in [1.29, 1.82) is 0 Å². The number of phosphoric ester groups is 2. The summed E-state index contributed by atoms with van der Waals surface area (Å²) in [6.07, 6.45) is 48.7. The lowest BCUT2D eigenvalue weighted by Gasteiger charge is -2.21. The molecule has 94 heavy (non-hydrogen) atoms. The normalized spacial score (nSPS) is 14.7. The first kappa shape index (κ1) is 92.1. The predicted octanol–water partition coefficient (Wildman–Crippen LogP) is 21.7. The van der Waals surface area contributed by atoms with Gasteiger partial charge in [-0.3, -0.25) is 37.3 Å². The van der Waals surface area contributed by atoms with Crippen molar-refractivity contribution < 1.29 is 80.2 Å². The number of hydrogen-bond donors (Lipinski definition) is 3. The van der Waals surface area contributed by atoms with E-state index in [4.69, 9.17) is 37.0 Å². The zero-order valence-electron chi connectivity index (χ0n) is 61.6. The minimum absolute atomic E-state index is 0.104. The van der Waals surface area contributed by atoms with Crippen molar-refractivity contribution in [3.05, 3.63) is 0 Å². The second kappa shape index (κ2) is 64.4. The fraction of sp³-hybridized carbons (Fsp3) is 0.947. The van der Waals surface area contributed by atoms with Crippen LogP contribution in [0.25, 0.3) is 0 Å². The van der Waals surface area contributed by atoms with Gasteiger partial charge in [0.1, 0.15) is 19.3 Å². The molecule has 0 fully saturated rings. The highest BCUT2D eigenvalue weighted by molar-refractivity contribution is 7.47. The molecule has 19 heteroatoms. The molecule has 7 atom stereocenters. The number of phosphoric acid groups is 2.